The van der Waals surface area contributed by atoms with Gasteiger partial charge in [0.15, 0.2) is 23.9 Å². The molecule has 9 nitrogen and oxygen atoms in total. The molecule has 2 aliphatic heterocycles. The Labute approximate surface area is 204 Å². The number of benzene rings is 2. The zero-order valence-electron chi connectivity index (χ0n) is 20.2. The number of carbonyl (C=O) groups excluding carboxylic acids is 3. The van der Waals surface area contributed by atoms with Gasteiger partial charge in [-0.1, -0.05) is 6.07 Å². The van der Waals surface area contributed by atoms with E-state index in [0.29, 0.717) is 67.5 Å². The van der Waals surface area contributed by atoms with Crippen LogP contribution in [-0.2, 0) is 16.1 Å². The van der Waals surface area contributed by atoms with Crippen molar-refractivity contribution in [1.82, 2.24) is 10.2 Å². The summed E-state index contributed by atoms with van der Waals surface area (Å²) < 4.78 is 22.5. The Bertz CT molecular complexity index is 1120. The highest BCUT2D eigenvalue weighted by molar-refractivity contribution is 6.00. The first-order valence-electron chi connectivity index (χ1n) is 11.5. The number of carbonyl (C=O) groups is 3. The number of piperidine rings is 1. The third-order valence-corrected chi connectivity index (χ3v) is 6.49. The molecule has 0 saturated carbocycles. The van der Waals surface area contributed by atoms with Gasteiger partial charge in [-0.25, -0.2) is 0 Å². The lowest BCUT2D eigenvalue weighted by molar-refractivity contribution is -0.132. The quantitative estimate of drug-likeness (QED) is 0.647. The van der Waals surface area contributed by atoms with Crippen molar-refractivity contribution in [3.63, 3.8) is 0 Å². The van der Waals surface area contributed by atoms with E-state index in [-0.39, 0.29) is 24.2 Å². The fourth-order valence-corrected chi connectivity index (χ4v) is 4.46. The number of Topliss-reactive ketones (excluding diaryl/α,β-unsaturated/α-hetero) is 1. The highest BCUT2D eigenvalue weighted by Crippen LogP contribution is 2.40. The zero-order valence-corrected chi connectivity index (χ0v) is 20.2. The van der Waals surface area contributed by atoms with Crippen LogP contribution in [0.25, 0.3) is 0 Å². The van der Waals surface area contributed by atoms with Gasteiger partial charge in [-0.3, -0.25) is 14.4 Å². The molecule has 1 N–H and O–H groups in total. The largest absolute Gasteiger partial charge is 0.493 e. The molecule has 2 aliphatic rings. The predicted molar refractivity (Wildman–Crippen MR) is 127 cm³/mol. The van der Waals surface area contributed by atoms with Gasteiger partial charge < -0.3 is 29.2 Å². The van der Waals surface area contributed by atoms with Crippen molar-refractivity contribution in [1.29, 1.82) is 0 Å². The van der Waals surface area contributed by atoms with Gasteiger partial charge in [-0.2, -0.15) is 0 Å². The third-order valence-electron chi connectivity index (χ3n) is 6.49. The number of nitrogens with one attached hydrogen (secondary N) is 1. The molecule has 4 rings (SSSR count). The summed E-state index contributed by atoms with van der Waals surface area (Å²) >= 11 is 0. The van der Waals surface area contributed by atoms with Gasteiger partial charge in [0.2, 0.25) is 5.91 Å². The number of likely N-dealkylation sites (tertiary alicyclic amines) is 1. The molecular weight excluding hydrogens is 452 g/mol. The molecule has 0 radical (unpaired) electrons. The summed E-state index contributed by atoms with van der Waals surface area (Å²) in [6.45, 7) is 2.80. The van der Waals surface area contributed by atoms with Crippen LogP contribution in [-0.4, -0.2) is 62.0 Å². The average Bonchev–Trinajstić information content (AvgIpc) is 2.86. The molecule has 0 unspecified atom stereocenters. The molecule has 2 aromatic rings. The first-order valence-corrected chi connectivity index (χ1v) is 11.5. The summed E-state index contributed by atoms with van der Waals surface area (Å²) in [6.07, 6.45) is 1.49. The van der Waals surface area contributed by atoms with Crippen LogP contribution in [0.5, 0.6) is 23.0 Å². The normalized spacial score (nSPS) is 16.2. The second-order valence-corrected chi connectivity index (χ2v) is 8.80. The van der Waals surface area contributed by atoms with Crippen LogP contribution < -0.4 is 24.3 Å². The molecule has 1 saturated heterocycles. The fraction of sp³-hybridized carbons (Fsp3) is 0.423. The molecule has 0 aliphatic carbocycles. The number of hydrogen-bond acceptors (Lipinski definition) is 7. The van der Waals surface area contributed by atoms with E-state index >= 15 is 0 Å². The number of fused-ring (bicyclic) bond motifs is 1. The second kappa shape index (κ2) is 10.2. The molecule has 2 aromatic carbocycles. The Morgan fingerprint density at radius 3 is 2.49 bits per heavy atom. The van der Waals surface area contributed by atoms with Crippen LogP contribution in [0.15, 0.2) is 36.4 Å². The van der Waals surface area contributed by atoms with E-state index in [1.165, 1.54) is 0 Å². The van der Waals surface area contributed by atoms with Crippen LogP contribution >= 0.6 is 0 Å². The summed E-state index contributed by atoms with van der Waals surface area (Å²) in [5, 5.41) is 2.81. The molecule has 1 fully saturated rings. The fourth-order valence-electron chi connectivity index (χ4n) is 4.46. The minimum Gasteiger partial charge on any atom is -0.493 e. The predicted octanol–water partition coefficient (Wildman–Crippen LogP) is 2.75. The van der Waals surface area contributed by atoms with Gasteiger partial charge in [0.25, 0.3) is 5.91 Å². The molecule has 35 heavy (non-hydrogen) atoms. The van der Waals surface area contributed by atoms with E-state index in [4.69, 9.17) is 18.9 Å². The SMILES string of the molecule is COc1ccc(CNC(=O)COc2ccc3c(c2)OC2(CCN(C(C)=O)CC2)CC3=O)cc1OC. The average molecular weight is 483 g/mol. The number of hydrogen-bond donors (Lipinski definition) is 1. The summed E-state index contributed by atoms with van der Waals surface area (Å²) in [7, 11) is 3.12. The van der Waals surface area contributed by atoms with Crippen molar-refractivity contribution in [2.75, 3.05) is 33.9 Å². The minimum atomic E-state index is -0.606. The van der Waals surface area contributed by atoms with Gasteiger partial charge in [0, 0.05) is 45.5 Å². The second-order valence-electron chi connectivity index (χ2n) is 8.80. The third kappa shape index (κ3) is 5.50. The lowest BCUT2D eigenvalue weighted by Crippen LogP contribution is -2.51. The Morgan fingerprint density at radius 2 is 1.80 bits per heavy atom. The monoisotopic (exact) mass is 482 g/mol. The highest BCUT2D eigenvalue weighted by atomic mass is 16.5. The van der Waals surface area contributed by atoms with Crippen molar-refractivity contribution in [3.05, 3.63) is 47.5 Å². The lowest BCUT2D eigenvalue weighted by Gasteiger charge is -2.43. The molecule has 2 heterocycles. The van der Waals surface area contributed by atoms with E-state index in [9.17, 15) is 14.4 Å². The molecule has 2 amide bonds. The lowest BCUT2D eigenvalue weighted by atomic mass is 9.82. The van der Waals surface area contributed by atoms with Crippen molar-refractivity contribution in [2.24, 2.45) is 0 Å². The molecule has 9 heteroatoms. The van der Waals surface area contributed by atoms with Crippen LogP contribution in [0.2, 0.25) is 0 Å². The van der Waals surface area contributed by atoms with Gasteiger partial charge in [-0.15, -0.1) is 0 Å². The highest BCUT2D eigenvalue weighted by Gasteiger charge is 2.43. The van der Waals surface area contributed by atoms with E-state index in [0.717, 1.165) is 5.56 Å². The van der Waals surface area contributed by atoms with Crippen molar-refractivity contribution >= 4 is 17.6 Å². The summed E-state index contributed by atoms with van der Waals surface area (Å²) in [6, 6.07) is 10.4. The molecule has 0 atom stereocenters. The zero-order chi connectivity index (χ0) is 25.0. The summed E-state index contributed by atoms with van der Waals surface area (Å²) in [5.74, 6) is 1.86. The molecule has 186 valence electrons. The first kappa shape index (κ1) is 24.4. The first-order chi connectivity index (χ1) is 16.8. The number of ketones is 1. The minimum absolute atomic E-state index is 0.0155. The summed E-state index contributed by atoms with van der Waals surface area (Å²) in [5.41, 5.74) is 0.763. The van der Waals surface area contributed by atoms with Crippen LogP contribution in [0.1, 0.15) is 42.1 Å². The van der Waals surface area contributed by atoms with Crippen LogP contribution in [0.3, 0.4) is 0 Å². The smallest absolute Gasteiger partial charge is 0.258 e. The standard InChI is InChI=1S/C26H30N2O7/c1-17(29)28-10-8-26(9-11-28)14-21(30)20-6-5-19(13-23(20)35-26)34-16-25(31)27-15-18-4-7-22(32-2)24(12-18)33-3/h4-7,12-13H,8-11,14-16H2,1-3H3,(H,27,31). The number of nitrogens with zero attached hydrogens (tertiary/aromatic N) is 1. The maximum absolute atomic E-state index is 12.8. The van der Waals surface area contributed by atoms with E-state index in [1.54, 1.807) is 56.4 Å². The Balaban J connectivity index is 1.34. The Morgan fingerprint density at radius 1 is 1.06 bits per heavy atom. The van der Waals surface area contributed by atoms with Gasteiger partial charge in [0.1, 0.15) is 17.1 Å². The summed E-state index contributed by atoms with van der Waals surface area (Å²) in [4.78, 5) is 38.5. The van der Waals surface area contributed by atoms with Gasteiger partial charge in [-0.05, 0) is 29.8 Å². The van der Waals surface area contributed by atoms with Crippen molar-refractivity contribution in [2.45, 2.75) is 38.3 Å². The Hall–Kier alpha value is -3.75. The van der Waals surface area contributed by atoms with Gasteiger partial charge in [0.05, 0.1) is 26.2 Å². The van der Waals surface area contributed by atoms with Crippen LogP contribution in [0, 0.1) is 0 Å². The number of amides is 2. The molecular formula is C26H30N2O7. The topological polar surface area (TPSA) is 103 Å². The van der Waals surface area contributed by atoms with Crippen molar-refractivity contribution < 1.29 is 33.3 Å². The number of rotatable bonds is 7. The molecule has 1 spiro atoms. The maximum atomic E-state index is 12.8. The number of methoxy groups -OCH3 is 2. The van der Waals surface area contributed by atoms with Crippen molar-refractivity contribution in [3.8, 4) is 23.0 Å². The maximum Gasteiger partial charge on any atom is 0.258 e. The van der Waals surface area contributed by atoms with E-state index in [1.807, 2.05) is 6.07 Å². The van der Waals surface area contributed by atoms with E-state index in [2.05, 4.69) is 5.32 Å². The Kier molecular flexibility index (Phi) is 7.14. The van der Waals surface area contributed by atoms with E-state index < -0.39 is 5.60 Å². The van der Waals surface area contributed by atoms with Gasteiger partial charge >= 0.3 is 0 Å². The molecule has 0 bridgehead atoms. The van der Waals surface area contributed by atoms with Crippen LogP contribution in [0.4, 0.5) is 0 Å². The molecule has 0 aromatic heterocycles. The number of ether oxygens (including phenoxy) is 4.